The Morgan fingerprint density at radius 3 is 2.35 bits per heavy atom. The van der Waals surface area contributed by atoms with E-state index < -0.39 is 12.0 Å². The van der Waals surface area contributed by atoms with Crippen LogP contribution < -0.4 is 5.73 Å². The Kier molecular flexibility index (Phi) is 6.18. The fourth-order valence-corrected chi connectivity index (χ4v) is 1.89. The Labute approximate surface area is 119 Å². The van der Waals surface area contributed by atoms with E-state index in [1.165, 1.54) is 12.0 Å². The Morgan fingerprint density at radius 2 is 1.85 bits per heavy atom. The van der Waals surface area contributed by atoms with E-state index in [9.17, 15) is 9.59 Å². The van der Waals surface area contributed by atoms with Crippen LogP contribution in [0, 0.1) is 0 Å². The molecule has 0 aliphatic rings. The van der Waals surface area contributed by atoms with Gasteiger partial charge in [0.1, 0.15) is 6.54 Å². The van der Waals surface area contributed by atoms with Gasteiger partial charge in [0.2, 0.25) is 5.91 Å². The van der Waals surface area contributed by atoms with Crippen LogP contribution >= 0.6 is 0 Å². The van der Waals surface area contributed by atoms with E-state index in [4.69, 9.17) is 5.73 Å². The van der Waals surface area contributed by atoms with Crippen molar-refractivity contribution in [2.24, 2.45) is 5.73 Å². The molecule has 0 fully saturated rings. The number of ether oxygens (including phenoxy) is 1. The minimum Gasteiger partial charge on any atom is -0.468 e. The molecular formula is C15H22N2O3. The van der Waals surface area contributed by atoms with Crippen LogP contribution in [-0.4, -0.2) is 42.5 Å². The molecule has 20 heavy (non-hydrogen) atoms. The van der Waals surface area contributed by atoms with Gasteiger partial charge in [-0.3, -0.25) is 9.59 Å². The molecule has 2 N–H and O–H groups in total. The molecule has 0 unspecified atom stereocenters. The van der Waals surface area contributed by atoms with E-state index in [-0.39, 0.29) is 18.5 Å². The zero-order chi connectivity index (χ0) is 15.1. The molecule has 1 rings (SSSR count). The van der Waals surface area contributed by atoms with Crippen LogP contribution in [0.5, 0.6) is 0 Å². The van der Waals surface area contributed by atoms with Gasteiger partial charge >= 0.3 is 5.97 Å². The molecule has 1 amide bonds. The van der Waals surface area contributed by atoms with Crippen molar-refractivity contribution in [3.8, 4) is 0 Å². The second-order valence-corrected chi connectivity index (χ2v) is 4.93. The van der Waals surface area contributed by atoms with Gasteiger partial charge in [-0.1, -0.05) is 30.3 Å². The van der Waals surface area contributed by atoms with Crippen molar-refractivity contribution < 1.29 is 14.3 Å². The van der Waals surface area contributed by atoms with Crippen molar-refractivity contribution in [3.63, 3.8) is 0 Å². The molecule has 5 heteroatoms. The van der Waals surface area contributed by atoms with Gasteiger partial charge in [0.15, 0.2) is 0 Å². The monoisotopic (exact) mass is 278 g/mol. The highest BCUT2D eigenvalue weighted by Crippen LogP contribution is 2.07. The van der Waals surface area contributed by atoms with Crippen molar-refractivity contribution in [3.05, 3.63) is 35.9 Å². The van der Waals surface area contributed by atoms with Crippen LogP contribution in [0.4, 0.5) is 0 Å². The van der Waals surface area contributed by atoms with Crippen LogP contribution in [0.1, 0.15) is 19.4 Å². The highest BCUT2D eigenvalue weighted by atomic mass is 16.5. The quantitative estimate of drug-likeness (QED) is 0.787. The molecule has 0 aliphatic heterocycles. The van der Waals surface area contributed by atoms with Crippen LogP contribution in [0.15, 0.2) is 30.3 Å². The molecule has 110 valence electrons. The third kappa shape index (κ3) is 4.66. The van der Waals surface area contributed by atoms with E-state index in [2.05, 4.69) is 4.74 Å². The summed E-state index contributed by atoms with van der Waals surface area (Å²) >= 11 is 0. The third-order valence-electron chi connectivity index (χ3n) is 3.05. The average molecular weight is 278 g/mol. The summed E-state index contributed by atoms with van der Waals surface area (Å²) in [6.07, 6.45) is 0.448. The van der Waals surface area contributed by atoms with Crippen LogP contribution in [0.2, 0.25) is 0 Å². The number of methoxy groups -OCH3 is 1. The maximum Gasteiger partial charge on any atom is 0.325 e. The lowest BCUT2D eigenvalue weighted by atomic mass is 10.1. The normalized spacial score (nSPS) is 12.1. The van der Waals surface area contributed by atoms with Gasteiger partial charge < -0.3 is 15.4 Å². The number of rotatable bonds is 6. The second-order valence-electron chi connectivity index (χ2n) is 4.93. The number of nitrogens with two attached hydrogens (primary N) is 1. The standard InChI is InChI=1S/C15H22N2O3/c1-11(2)17(10-14(18)20-3)15(19)13(16)9-12-7-5-4-6-8-12/h4-8,11,13H,9-10,16H2,1-3H3/t13-/m1/s1. The molecule has 0 aliphatic carbocycles. The second kappa shape index (κ2) is 7.65. The molecule has 1 aromatic carbocycles. The van der Waals surface area contributed by atoms with Gasteiger partial charge in [-0.25, -0.2) is 0 Å². The zero-order valence-electron chi connectivity index (χ0n) is 12.2. The van der Waals surface area contributed by atoms with Crippen molar-refractivity contribution in [2.75, 3.05) is 13.7 Å². The van der Waals surface area contributed by atoms with Crippen molar-refractivity contribution in [1.29, 1.82) is 0 Å². The van der Waals surface area contributed by atoms with Crippen molar-refractivity contribution in [2.45, 2.75) is 32.4 Å². The molecule has 5 nitrogen and oxygen atoms in total. The summed E-state index contributed by atoms with van der Waals surface area (Å²) in [6, 6.07) is 8.80. The lowest BCUT2D eigenvalue weighted by molar-refractivity contribution is -0.148. The van der Waals surface area contributed by atoms with Crippen molar-refractivity contribution in [1.82, 2.24) is 4.90 Å². The first-order valence-electron chi connectivity index (χ1n) is 6.62. The molecule has 0 saturated heterocycles. The number of esters is 1. The van der Waals surface area contributed by atoms with Gasteiger partial charge in [-0.05, 0) is 25.8 Å². The summed E-state index contributed by atoms with van der Waals surface area (Å²) in [5.41, 5.74) is 6.96. The minimum atomic E-state index is -0.663. The molecular weight excluding hydrogens is 256 g/mol. The Morgan fingerprint density at radius 1 is 1.25 bits per heavy atom. The summed E-state index contributed by atoms with van der Waals surface area (Å²) in [7, 11) is 1.30. The number of carbonyl (C=O) groups excluding carboxylic acids is 2. The Bertz CT molecular complexity index is 446. The van der Waals surface area contributed by atoms with Crippen LogP contribution in [-0.2, 0) is 20.7 Å². The van der Waals surface area contributed by atoms with E-state index in [1.807, 2.05) is 44.2 Å². The van der Waals surface area contributed by atoms with E-state index >= 15 is 0 Å². The maximum absolute atomic E-state index is 12.3. The van der Waals surface area contributed by atoms with Gasteiger partial charge in [-0.2, -0.15) is 0 Å². The van der Waals surface area contributed by atoms with Gasteiger partial charge in [0, 0.05) is 6.04 Å². The predicted molar refractivity (Wildman–Crippen MR) is 77.0 cm³/mol. The number of hydrogen-bond acceptors (Lipinski definition) is 4. The maximum atomic E-state index is 12.3. The van der Waals surface area contributed by atoms with Gasteiger partial charge in [0.05, 0.1) is 13.2 Å². The highest BCUT2D eigenvalue weighted by Gasteiger charge is 2.25. The molecule has 0 spiro atoms. The lowest BCUT2D eigenvalue weighted by Crippen LogP contribution is -2.49. The minimum absolute atomic E-state index is 0.0739. The Hall–Kier alpha value is -1.88. The number of carbonyl (C=O) groups is 2. The third-order valence-corrected chi connectivity index (χ3v) is 3.05. The van der Waals surface area contributed by atoms with Gasteiger partial charge in [0.25, 0.3) is 0 Å². The SMILES string of the molecule is COC(=O)CN(C(=O)[C@H](N)Cc1ccccc1)C(C)C. The number of benzene rings is 1. The first-order chi connectivity index (χ1) is 9.45. The summed E-state index contributed by atoms with van der Waals surface area (Å²) in [4.78, 5) is 25.1. The largest absolute Gasteiger partial charge is 0.468 e. The summed E-state index contributed by atoms with van der Waals surface area (Å²) in [5, 5.41) is 0. The topological polar surface area (TPSA) is 72.6 Å². The van der Waals surface area contributed by atoms with Crippen molar-refractivity contribution >= 4 is 11.9 Å². The van der Waals surface area contributed by atoms with E-state index in [0.717, 1.165) is 5.56 Å². The van der Waals surface area contributed by atoms with Crippen LogP contribution in [0.3, 0.4) is 0 Å². The molecule has 0 heterocycles. The van der Waals surface area contributed by atoms with E-state index in [1.54, 1.807) is 0 Å². The summed E-state index contributed by atoms with van der Waals surface area (Å²) in [5.74, 6) is -0.687. The summed E-state index contributed by atoms with van der Waals surface area (Å²) < 4.78 is 4.61. The molecule has 0 saturated carbocycles. The molecule has 1 aromatic rings. The molecule has 1 atom stereocenters. The molecule has 0 radical (unpaired) electrons. The molecule has 0 aromatic heterocycles. The number of nitrogens with zero attached hydrogens (tertiary/aromatic N) is 1. The number of amides is 1. The Balaban J connectivity index is 2.71. The smallest absolute Gasteiger partial charge is 0.325 e. The lowest BCUT2D eigenvalue weighted by Gasteiger charge is -2.28. The zero-order valence-corrected chi connectivity index (χ0v) is 12.2. The first-order valence-corrected chi connectivity index (χ1v) is 6.62. The van der Waals surface area contributed by atoms with Gasteiger partial charge in [-0.15, -0.1) is 0 Å². The fourth-order valence-electron chi connectivity index (χ4n) is 1.89. The average Bonchev–Trinajstić information content (AvgIpc) is 2.44. The van der Waals surface area contributed by atoms with E-state index in [0.29, 0.717) is 6.42 Å². The van der Waals surface area contributed by atoms with Crippen LogP contribution in [0.25, 0.3) is 0 Å². The first kappa shape index (κ1) is 16.2. The highest BCUT2D eigenvalue weighted by molar-refractivity contribution is 5.86. The molecule has 0 bridgehead atoms. The fraction of sp³-hybridized carbons (Fsp3) is 0.467. The summed E-state index contributed by atoms with van der Waals surface area (Å²) in [6.45, 7) is 3.61. The number of hydrogen-bond donors (Lipinski definition) is 1. The predicted octanol–water partition coefficient (Wildman–Crippen LogP) is 0.966.